The van der Waals surface area contributed by atoms with Crippen LogP contribution >= 0.6 is 0 Å². The number of primary amides is 1. The molecule has 0 radical (unpaired) electrons. The van der Waals surface area contributed by atoms with E-state index >= 15 is 0 Å². The standard InChI is InChI=1S/C18H29N3O2/c1-18(2,3)14-10-13(12-21-8-6-20(4)7-9-21)16(23-5)15(11-14)17(19)22/h10-11H,6-9,12H2,1-5H3,(H2,19,22). The number of methoxy groups -OCH3 is 1. The molecule has 1 amide bonds. The second-order valence-corrected chi connectivity index (χ2v) is 7.41. The fraction of sp³-hybridized carbons (Fsp3) is 0.611. The Kier molecular flexibility index (Phi) is 5.32. The third kappa shape index (κ3) is 4.24. The van der Waals surface area contributed by atoms with Gasteiger partial charge in [-0.15, -0.1) is 0 Å². The van der Waals surface area contributed by atoms with Crippen molar-refractivity contribution in [3.05, 3.63) is 28.8 Å². The van der Waals surface area contributed by atoms with Gasteiger partial charge in [-0.1, -0.05) is 26.8 Å². The van der Waals surface area contributed by atoms with Gasteiger partial charge in [0.05, 0.1) is 12.7 Å². The average Bonchev–Trinajstić information content (AvgIpc) is 2.47. The highest BCUT2D eigenvalue weighted by atomic mass is 16.5. The van der Waals surface area contributed by atoms with Gasteiger partial charge >= 0.3 is 0 Å². The predicted molar refractivity (Wildman–Crippen MR) is 93.0 cm³/mol. The highest BCUT2D eigenvalue weighted by Gasteiger charge is 2.23. The molecule has 2 N–H and O–H groups in total. The molecular formula is C18H29N3O2. The van der Waals surface area contributed by atoms with Crippen LogP contribution in [0.3, 0.4) is 0 Å². The van der Waals surface area contributed by atoms with E-state index < -0.39 is 5.91 Å². The van der Waals surface area contributed by atoms with Gasteiger partial charge in [0.2, 0.25) is 0 Å². The molecule has 0 spiro atoms. The van der Waals surface area contributed by atoms with Gasteiger partial charge in [0, 0.05) is 38.3 Å². The Hall–Kier alpha value is -1.59. The number of hydrogen-bond donors (Lipinski definition) is 1. The predicted octanol–water partition coefficient (Wildman–Crippen LogP) is 1.84. The van der Waals surface area contributed by atoms with E-state index in [4.69, 9.17) is 10.5 Å². The van der Waals surface area contributed by atoms with Crippen molar-refractivity contribution in [2.75, 3.05) is 40.3 Å². The molecule has 1 saturated heterocycles. The quantitative estimate of drug-likeness (QED) is 0.920. The van der Waals surface area contributed by atoms with E-state index in [1.807, 2.05) is 6.07 Å². The first-order valence-electron chi connectivity index (χ1n) is 8.14. The van der Waals surface area contributed by atoms with Crippen molar-refractivity contribution in [1.29, 1.82) is 0 Å². The highest BCUT2D eigenvalue weighted by molar-refractivity contribution is 5.96. The van der Waals surface area contributed by atoms with Gasteiger partial charge in [-0.25, -0.2) is 0 Å². The number of ether oxygens (including phenoxy) is 1. The van der Waals surface area contributed by atoms with Crippen LogP contribution in [-0.2, 0) is 12.0 Å². The Morgan fingerprint density at radius 3 is 2.30 bits per heavy atom. The normalized spacial score (nSPS) is 17.3. The summed E-state index contributed by atoms with van der Waals surface area (Å²) in [6, 6.07) is 4.03. The Morgan fingerprint density at radius 1 is 1.22 bits per heavy atom. The van der Waals surface area contributed by atoms with E-state index in [9.17, 15) is 4.79 Å². The van der Waals surface area contributed by atoms with Gasteiger partial charge in [-0.3, -0.25) is 9.69 Å². The van der Waals surface area contributed by atoms with Crippen LogP contribution in [0.2, 0.25) is 0 Å². The molecule has 0 aliphatic carbocycles. The van der Waals surface area contributed by atoms with E-state index in [0.717, 1.165) is 43.9 Å². The zero-order valence-electron chi connectivity index (χ0n) is 15.0. The molecule has 5 nitrogen and oxygen atoms in total. The first kappa shape index (κ1) is 17.8. The minimum Gasteiger partial charge on any atom is -0.496 e. The van der Waals surface area contributed by atoms with E-state index in [0.29, 0.717) is 11.3 Å². The van der Waals surface area contributed by atoms with Crippen LogP contribution in [0.25, 0.3) is 0 Å². The molecule has 128 valence electrons. The summed E-state index contributed by atoms with van der Waals surface area (Å²) in [7, 11) is 3.75. The van der Waals surface area contributed by atoms with Crippen molar-refractivity contribution < 1.29 is 9.53 Å². The molecule has 0 bridgehead atoms. The molecule has 5 heteroatoms. The number of carbonyl (C=O) groups is 1. The third-order valence-corrected chi connectivity index (χ3v) is 4.49. The van der Waals surface area contributed by atoms with Gasteiger partial charge in [0.15, 0.2) is 0 Å². The van der Waals surface area contributed by atoms with Crippen LogP contribution in [0, 0.1) is 0 Å². The van der Waals surface area contributed by atoms with Crippen molar-refractivity contribution >= 4 is 5.91 Å². The summed E-state index contributed by atoms with van der Waals surface area (Å²) in [6.07, 6.45) is 0. The van der Waals surface area contributed by atoms with E-state index in [-0.39, 0.29) is 5.41 Å². The van der Waals surface area contributed by atoms with Crippen molar-refractivity contribution in [3.8, 4) is 5.75 Å². The minimum atomic E-state index is -0.437. The topological polar surface area (TPSA) is 58.8 Å². The van der Waals surface area contributed by atoms with Crippen LogP contribution in [0.5, 0.6) is 5.75 Å². The molecule has 1 aliphatic heterocycles. The van der Waals surface area contributed by atoms with E-state index in [1.165, 1.54) is 0 Å². The summed E-state index contributed by atoms with van der Waals surface area (Å²) in [5.74, 6) is 0.178. The van der Waals surface area contributed by atoms with E-state index in [1.54, 1.807) is 7.11 Å². The lowest BCUT2D eigenvalue weighted by Gasteiger charge is -2.33. The van der Waals surface area contributed by atoms with Gasteiger partial charge in [-0.2, -0.15) is 0 Å². The third-order valence-electron chi connectivity index (χ3n) is 4.49. The molecule has 2 rings (SSSR count). The summed E-state index contributed by atoms with van der Waals surface area (Å²) in [5, 5.41) is 0. The lowest BCUT2D eigenvalue weighted by atomic mass is 9.84. The maximum absolute atomic E-state index is 11.9. The Bertz CT molecular complexity index is 570. The molecule has 23 heavy (non-hydrogen) atoms. The zero-order valence-corrected chi connectivity index (χ0v) is 15.0. The maximum atomic E-state index is 11.9. The average molecular weight is 319 g/mol. The number of benzene rings is 1. The largest absolute Gasteiger partial charge is 0.496 e. The number of nitrogens with zero attached hydrogens (tertiary/aromatic N) is 2. The number of amides is 1. The molecule has 0 saturated carbocycles. The van der Waals surface area contributed by atoms with Gasteiger partial charge in [-0.05, 0) is 24.1 Å². The van der Waals surface area contributed by atoms with Crippen LogP contribution in [-0.4, -0.2) is 56.0 Å². The molecular weight excluding hydrogens is 290 g/mol. The molecule has 1 fully saturated rings. The van der Waals surface area contributed by atoms with Crippen molar-refractivity contribution in [1.82, 2.24) is 9.80 Å². The minimum absolute atomic E-state index is 0.0483. The van der Waals surface area contributed by atoms with Crippen LogP contribution in [0.4, 0.5) is 0 Å². The number of carbonyl (C=O) groups excluding carboxylic acids is 1. The number of nitrogens with two attached hydrogens (primary N) is 1. The molecule has 1 aromatic carbocycles. The lowest BCUT2D eigenvalue weighted by Crippen LogP contribution is -2.44. The molecule has 1 heterocycles. The van der Waals surface area contributed by atoms with E-state index in [2.05, 4.69) is 43.7 Å². The Balaban J connectivity index is 2.39. The zero-order chi connectivity index (χ0) is 17.2. The molecule has 0 aromatic heterocycles. The summed E-state index contributed by atoms with van der Waals surface area (Å²) in [5.41, 5.74) is 8.16. The van der Waals surface area contributed by atoms with Crippen LogP contribution in [0.15, 0.2) is 12.1 Å². The SMILES string of the molecule is COc1c(CN2CCN(C)CC2)cc(C(C)(C)C)cc1C(N)=O. The molecule has 1 aromatic rings. The maximum Gasteiger partial charge on any atom is 0.252 e. The van der Waals surface area contributed by atoms with Crippen LogP contribution in [0.1, 0.15) is 42.3 Å². The summed E-state index contributed by atoms with van der Waals surface area (Å²) >= 11 is 0. The smallest absolute Gasteiger partial charge is 0.252 e. The first-order chi connectivity index (χ1) is 10.7. The number of piperazine rings is 1. The first-order valence-corrected chi connectivity index (χ1v) is 8.14. The highest BCUT2D eigenvalue weighted by Crippen LogP contribution is 2.32. The Labute approximate surface area is 139 Å². The summed E-state index contributed by atoms with van der Waals surface area (Å²) in [4.78, 5) is 16.6. The fourth-order valence-electron chi connectivity index (χ4n) is 2.91. The van der Waals surface area contributed by atoms with Gasteiger partial charge in [0.1, 0.15) is 5.75 Å². The fourth-order valence-corrected chi connectivity index (χ4v) is 2.91. The second-order valence-electron chi connectivity index (χ2n) is 7.41. The van der Waals surface area contributed by atoms with Crippen molar-refractivity contribution in [3.63, 3.8) is 0 Å². The Morgan fingerprint density at radius 2 is 1.83 bits per heavy atom. The lowest BCUT2D eigenvalue weighted by molar-refractivity contribution is 0.0996. The monoisotopic (exact) mass is 319 g/mol. The van der Waals surface area contributed by atoms with Gasteiger partial charge < -0.3 is 15.4 Å². The molecule has 0 unspecified atom stereocenters. The summed E-state index contributed by atoms with van der Waals surface area (Å²) in [6.45, 7) is 11.4. The number of likely N-dealkylation sites (N-methyl/N-ethyl adjacent to an activating group) is 1. The number of hydrogen-bond acceptors (Lipinski definition) is 4. The second kappa shape index (κ2) is 6.89. The molecule has 1 aliphatic rings. The van der Waals surface area contributed by atoms with Crippen molar-refractivity contribution in [2.45, 2.75) is 32.7 Å². The van der Waals surface area contributed by atoms with Gasteiger partial charge in [0.25, 0.3) is 5.91 Å². The molecule has 0 atom stereocenters. The van der Waals surface area contributed by atoms with Crippen molar-refractivity contribution in [2.24, 2.45) is 5.73 Å². The van der Waals surface area contributed by atoms with Crippen LogP contribution < -0.4 is 10.5 Å². The summed E-state index contributed by atoms with van der Waals surface area (Å²) < 4.78 is 5.53. The number of rotatable bonds is 4.